The van der Waals surface area contributed by atoms with Crippen LogP contribution in [-0.4, -0.2) is 9.38 Å². The zero-order valence-electron chi connectivity index (χ0n) is 19.9. The lowest BCUT2D eigenvalue weighted by molar-refractivity contribution is 1.35. The topological polar surface area (TPSA) is 17.3 Å². The summed E-state index contributed by atoms with van der Waals surface area (Å²) in [5.74, 6) is 0. The lowest BCUT2D eigenvalue weighted by Gasteiger charge is -2.11. The molecule has 0 radical (unpaired) electrons. The van der Waals surface area contributed by atoms with Gasteiger partial charge in [0.05, 0.1) is 22.2 Å². The Morgan fingerprint density at radius 2 is 1.08 bits per heavy atom. The van der Waals surface area contributed by atoms with Crippen molar-refractivity contribution < 1.29 is 0 Å². The van der Waals surface area contributed by atoms with Crippen LogP contribution in [0, 0.1) is 0 Å². The van der Waals surface area contributed by atoms with E-state index in [0.717, 1.165) is 11.3 Å². The third kappa shape index (κ3) is 2.42. The molecule has 0 atom stereocenters. The second-order valence-corrected chi connectivity index (χ2v) is 9.99. The van der Waals surface area contributed by atoms with Gasteiger partial charge in [0.1, 0.15) is 0 Å². The van der Waals surface area contributed by atoms with E-state index in [1.165, 1.54) is 70.4 Å². The SMILES string of the molecule is c1ccc2c(c1)ccc1c3ccnc(-c4ccc5c6cccc7c8ccccc8n(c5c4)c76)c3ccc21. The highest BCUT2D eigenvalue weighted by Gasteiger charge is 2.18. The van der Waals surface area contributed by atoms with Gasteiger partial charge in [-0.15, -0.1) is 0 Å². The van der Waals surface area contributed by atoms with Crippen LogP contribution in [-0.2, 0) is 0 Å². The molecule has 0 saturated heterocycles. The monoisotopic (exact) mass is 468 g/mol. The molecule has 37 heavy (non-hydrogen) atoms. The van der Waals surface area contributed by atoms with Gasteiger partial charge in [-0.2, -0.15) is 0 Å². The van der Waals surface area contributed by atoms with Crippen LogP contribution in [0.2, 0.25) is 0 Å². The summed E-state index contributed by atoms with van der Waals surface area (Å²) < 4.78 is 2.44. The first-order valence-corrected chi connectivity index (χ1v) is 12.7. The Labute approximate surface area is 212 Å². The molecule has 0 unspecified atom stereocenters. The fourth-order valence-electron chi connectivity index (χ4n) is 6.56. The van der Waals surface area contributed by atoms with E-state index in [2.05, 4.69) is 120 Å². The minimum atomic E-state index is 1.03. The predicted molar refractivity (Wildman–Crippen MR) is 157 cm³/mol. The van der Waals surface area contributed by atoms with Crippen molar-refractivity contribution in [1.29, 1.82) is 0 Å². The molecule has 3 aromatic heterocycles. The molecule has 2 heteroatoms. The number of hydrogen-bond donors (Lipinski definition) is 0. The van der Waals surface area contributed by atoms with Crippen molar-refractivity contribution in [3.63, 3.8) is 0 Å². The molecule has 6 aromatic carbocycles. The van der Waals surface area contributed by atoms with Crippen molar-refractivity contribution in [2.45, 2.75) is 0 Å². The molecule has 0 spiro atoms. The fourth-order valence-corrected chi connectivity index (χ4v) is 6.56. The number of fused-ring (bicyclic) bond motifs is 11. The maximum atomic E-state index is 4.91. The molecule has 0 aliphatic rings. The van der Waals surface area contributed by atoms with E-state index in [-0.39, 0.29) is 0 Å². The summed E-state index contributed by atoms with van der Waals surface area (Å²) in [6.07, 6.45) is 1.96. The van der Waals surface area contributed by atoms with E-state index in [1.807, 2.05) is 6.20 Å². The molecule has 9 aromatic rings. The van der Waals surface area contributed by atoms with Gasteiger partial charge in [-0.25, -0.2) is 0 Å². The number of pyridine rings is 1. The zero-order valence-corrected chi connectivity index (χ0v) is 19.9. The van der Waals surface area contributed by atoms with Crippen LogP contribution in [0.3, 0.4) is 0 Å². The summed E-state index contributed by atoms with van der Waals surface area (Å²) >= 11 is 0. The molecule has 3 heterocycles. The minimum absolute atomic E-state index is 1.03. The van der Waals surface area contributed by atoms with Crippen LogP contribution >= 0.6 is 0 Å². The summed E-state index contributed by atoms with van der Waals surface area (Å²) in [6, 6.07) is 42.0. The Hall–Kier alpha value is -4.95. The second kappa shape index (κ2) is 6.83. The molecule has 0 amide bonds. The van der Waals surface area contributed by atoms with E-state index in [0.29, 0.717) is 0 Å². The van der Waals surface area contributed by atoms with Gasteiger partial charge in [-0.3, -0.25) is 4.98 Å². The van der Waals surface area contributed by atoms with Crippen LogP contribution in [0.5, 0.6) is 0 Å². The van der Waals surface area contributed by atoms with Crippen molar-refractivity contribution in [2.75, 3.05) is 0 Å². The third-order valence-corrected chi connectivity index (χ3v) is 8.16. The summed E-state index contributed by atoms with van der Waals surface area (Å²) in [7, 11) is 0. The molecular weight excluding hydrogens is 448 g/mol. The van der Waals surface area contributed by atoms with E-state index in [4.69, 9.17) is 4.98 Å². The van der Waals surface area contributed by atoms with Gasteiger partial charge in [0.15, 0.2) is 0 Å². The first-order valence-electron chi connectivity index (χ1n) is 12.7. The highest BCUT2D eigenvalue weighted by Crippen LogP contribution is 2.41. The fraction of sp³-hybridized carbons (Fsp3) is 0. The van der Waals surface area contributed by atoms with Gasteiger partial charge in [0.2, 0.25) is 0 Å². The van der Waals surface area contributed by atoms with Crippen molar-refractivity contribution in [1.82, 2.24) is 9.38 Å². The Bertz CT molecular complexity index is 2360. The lowest BCUT2D eigenvalue weighted by Crippen LogP contribution is -1.89. The maximum Gasteiger partial charge on any atom is 0.0781 e. The predicted octanol–water partition coefficient (Wildman–Crippen LogP) is 9.36. The van der Waals surface area contributed by atoms with E-state index in [9.17, 15) is 0 Å². The third-order valence-electron chi connectivity index (χ3n) is 8.16. The Balaban J connectivity index is 1.37. The van der Waals surface area contributed by atoms with Gasteiger partial charge in [0.25, 0.3) is 0 Å². The molecule has 2 nitrogen and oxygen atoms in total. The van der Waals surface area contributed by atoms with Crippen LogP contribution in [0.1, 0.15) is 0 Å². The van der Waals surface area contributed by atoms with Gasteiger partial charge in [-0.1, -0.05) is 97.1 Å². The standard InChI is InChI=1S/C35H20N2/c1-2-7-23-21(6-1)12-14-25-24(23)16-17-29-26(25)18-19-36-34(29)22-13-15-28-31-10-5-9-30-27-8-3-4-11-32(27)37(35(30)31)33(28)20-22/h1-20H. The van der Waals surface area contributed by atoms with Gasteiger partial charge >= 0.3 is 0 Å². The first-order chi connectivity index (χ1) is 18.4. The quantitative estimate of drug-likeness (QED) is 0.219. The Kier molecular flexibility index (Phi) is 3.56. The van der Waals surface area contributed by atoms with E-state index in [1.54, 1.807) is 0 Å². The smallest absolute Gasteiger partial charge is 0.0781 e. The maximum absolute atomic E-state index is 4.91. The van der Waals surface area contributed by atoms with Crippen molar-refractivity contribution in [2.24, 2.45) is 0 Å². The van der Waals surface area contributed by atoms with Crippen LogP contribution in [0.25, 0.3) is 81.7 Å². The molecular formula is C35H20N2. The molecule has 0 bridgehead atoms. The van der Waals surface area contributed by atoms with E-state index < -0.39 is 0 Å². The number of benzene rings is 6. The number of hydrogen-bond acceptors (Lipinski definition) is 1. The number of para-hydroxylation sites is 2. The minimum Gasteiger partial charge on any atom is -0.308 e. The molecule has 9 rings (SSSR count). The molecule has 0 aliphatic carbocycles. The second-order valence-electron chi connectivity index (χ2n) is 9.99. The summed E-state index contributed by atoms with van der Waals surface area (Å²) in [5.41, 5.74) is 5.96. The number of aromatic nitrogens is 2. The zero-order chi connectivity index (χ0) is 24.1. The van der Waals surface area contributed by atoms with Crippen LogP contribution < -0.4 is 0 Å². The molecule has 0 N–H and O–H groups in total. The lowest BCUT2D eigenvalue weighted by atomic mass is 9.95. The molecule has 0 aliphatic heterocycles. The van der Waals surface area contributed by atoms with Gasteiger partial charge in [0, 0.05) is 38.7 Å². The molecule has 0 saturated carbocycles. The number of nitrogens with zero attached hydrogens (tertiary/aromatic N) is 2. The summed E-state index contributed by atoms with van der Waals surface area (Å²) in [5, 5.41) is 12.7. The van der Waals surface area contributed by atoms with Crippen molar-refractivity contribution >= 4 is 70.4 Å². The largest absolute Gasteiger partial charge is 0.308 e. The normalized spacial score (nSPS) is 12.3. The Morgan fingerprint density at radius 3 is 2.00 bits per heavy atom. The highest BCUT2D eigenvalue weighted by atomic mass is 14.9. The molecule has 170 valence electrons. The van der Waals surface area contributed by atoms with Crippen LogP contribution in [0.15, 0.2) is 121 Å². The van der Waals surface area contributed by atoms with Crippen molar-refractivity contribution in [3.05, 3.63) is 121 Å². The van der Waals surface area contributed by atoms with Crippen molar-refractivity contribution in [3.8, 4) is 11.3 Å². The molecule has 0 fully saturated rings. The highest BCUT2D eigenvalue weighted by molar-refractivity contribution is 6.24. The Morgan fingerprint density at radius 1 is 0.432 bits per heavy atom. The average molecular weight is 469 g/mol. The summed E-state index contributed by atoms with van der Waals surface area (Å²) in [6.45, 7) is 0. The van der Waals surface area contributed by atoms with Gasteiger partial charge < -0.3 is 4.40 Å². The first kappa shape index (κ1) is 19.3. The summed E-state index contributed by atoms with van der Waals surface area (Å²) in [4.78, 5) is 4.91. The average Bonchev–Trinajstić information content (AvgIpc) is 3.48. The van der Waals surface area contributed by atoms with Crippen LogP contribution in [0.4, 0.5) is 0 Å². The van der Waals surface area contributed by atoms with E-state index >= 15 is 0 Å². The number of rotatable bonds is 1. The van der Waals surface area contributed by atoms with Gasteiger partial charge in [-0.05, 0) is 45.1 Å².